The summed E-state index contributed by atoms with van der Waals surface area (Å²) in [6.07, 6.45) is 2.99. The van der Waals surface area contributed by atoms with Gasteiger partial charge in [-0.05, 0) is 55.3 Å². The van der Waals surface area contributed by atoms with Gasteiger partial charge in [0.25, 0.3) is 0 Å². The van der Waals surface area contributed by atoms with Gasteiger partial charge in [-0.15, -0.1) is 0 Å². The average Bonchev–Trinajstić information content (AvgIpc) is 2.72. The maximum Gasteiger partial charge on any atom is 0.0723 e. The lowest BCUT2D eigenvalue weighted by Crippen LogP contribution is -2.50. The van der Waals surface area contributed by atoms with Crippen molar-refractivity contribution in [3.05, 3.63) is 83.5 Å². The molecule has 3 aromatic rings. The van der Waals surface area contributed by atoms with Crippen LogP contribution >= 0.6 is 11.6 Å². The number of anilines is 1. The highest BCUT2D eigenvalue weighted by Crippen LogP contribution is 2.27. The van der Waals surface area contributed by atoms with Gasteiger partial charge in [0.1, 0.15) is 0 Å². The van der Waals surface area contributed by atoms with E-state index in [4.69, 9.17) is 16.3 Å². The molecule has 1 aliphatic rings. The smallest absolute Gasteiger partial charge is 0.0723 e. The lowest BCUT2D eigenvalue weighted by atomic mass is 10.0. The molecule has 0 unspecified atom stereocenters. The van der Waals surface area contributed by atoms with E-state index in [-0.39, 0.29) is 6.10 Å². The Bertz CT molecular complexity index is 865. The van der Waals surface area contributed by atoms with Crippen molar-refractivity contribution in [1.29, 1.82) is 0 Å². The zero-order valence-corrected chi connectivity index (χ0v) is 16.1. The van der Waals surface area contributed by atoms with Crippen LogP contribution in [0.5, 0.6) is 0 Å². The van der Waals surface area contributed by atoms with Crippen molar-refractivity contribution in [1.82, 2.24) is 4.98 Å². The van der Waals surface area contributed by atoms with Crippen LogP contribution in [-0.2, 0) is 11.2 Å². The molecule has 1 aromatic heterocycles. The standard InChI is InChI=1S/C23H23ClN2O/c1-17-15-26(22(16-27-17)14-18-5-9-20(24)10-6-18)21-11-7-19(8-12-21)23-4-2-3-13-25-23/h2-13,17,22H,14-16H2,1H3/t17-,22-/m0/s1. The van der Waals surface area contributed by atoms with Gasteiger partial charge in [-0.1, -0.05) is 41.9 Å². The molecule has 4 heteroatoms. The third-order valence-corrected chi connectivity index (χ3v) is 5.26. The van der Waals surface area contributed by atoms with Crippen molar-refractivity contribution >= 4 is 17.3 Å². The maximum atomic E-state index is 6.02. The number of aromatic nitrogens is 1. The molecule has 0 bridgehead atoms. The van der Waals surface area contributed by atoms with Crippen LogP contribution in [0.3, 0.4) is 0 Å². The molecule has 27 heavy (non-hydrogen) atoms. The fourth-order valence-electron chi connectivity index (χ4n) is 3.58. The van der Waals surface area contributed by atoms with E-state index < -0.39 is 0 Å². The van der Waals surface area contributed by atoms with Crippen LogP contribution in [0.15, 0.2) is 72.9 Å². The van der Waals surface area contributed by atoms with E-state index in [1.807, 2.05) is 36.5 Å². The zero-order chi connectivity index (χ0) is 18.6. The minimum absolute atomic E-state index is 0.224. The van der Waals surface area contributed by atoms with Gasteiger partial charge in [0.15, 0.2) is 0 Å². The molecule has 4 rings (SSSR count). The molecule has 138 valence electrons. The van der Waals surface area contributed by atoms with Crippen LogP contribution in [0.2, 0.25) is 5.02 Å². The molecule has 2 aromatic carbocycles. The molecule has 1 fully saturated rings. The van der Waals surface area contributed by atoms with Gasteiger partial charge in [0.05, 0.1) is 24.4 Å². The monoisotopic (exact) mass is 378 g/mol. The van der Waals surface area contributed by atoms with E-state index in [9.17, 15) is 0 Å². The van der Waals surface area contributed by atoms with Crippen LogP contribution in [-0.4, -0.2) is 30.3 Å². The zero-order valence-electron chi connectivity index (χ0n) is 15.4. The first kappa shape index (κ1) is 18.0. The molecular weight excluding hydrogens is 356 g/mol. The van der Waals surface area contributed by atoms with Crippen molar-refractivity contribution in [2.75, 3.05) is 18.1 Å². The summed E-state index contributed by atoms with van der Waals surface area (Å²) < 4.78 is 5.95. The minimum atomic E-state index is 0.224. The second-order valence-corrected chi connectivity index (χ2v) is 7.48. The Morgan fingerprint density at radius 3 is 2.52 bits per heavy atom. The van der Waals surface area contributed by atoms with Crippen molar-refractivity contribution in [3.63, 3.8) is 0 Å². The highest BCUT2D eigenvalue weighted by atomic mass is 35.5. The van der Waals surface area contributed by atoms with Gasteiger partial charge >= 0.3 is 0 Å². The average molecular weight is 379 g/mol. The first-order chi connectivity index (χ1) is 13.2. The lowest BCUT2D eigenvalue weighted by molar-refractivity contribution is 0.0307. The summed E-state index contributed by atoms with van der Waals surface area (Å²) in [7, 11) is 0. The normalized spacial score (nSPS) is 19.9. The summed E-state index contributed by atoms with van der Waals surface area (Å²) in [5.41, 5.74) is 4.63. The molecule has 3 nitrogen and oxygen atoms in total. The summed E-state index contributed by atoms with van der Waals surface area (Å²) in [6.45, 7) is 3.75. The van der Waals surface area contributed by atoms with E-state index in [0.29, 0.717) is 6.04 Å². The molecular formula is C23H23ClN2O. The van der Waals surface area contributed by atoms with Crippen LogP contribution in [0.4, 0.5) is 5.69 Å². The summed E-state index contributed by atoms with van der Waals surface area (Å²) >= 11 is 6.02. The fraction of sp³-hybridized carbons (Fsp3) is 0.261. The van der Waals surface area contributed by atoms with E-state index in [2.05, 4.69) is 53.2 Å². The number of pyridine rings is 1. The Kier molecular flexibility index (Phi) is 5.42. The first-order valence-electron chi connectivity index (χ1n) is 9.33. The second kappa shape index (κ2) is 8.12. The Hall–Kier alpha value is -2.36. The van der Waals surface area contributed by atoms with Gasteiger partial charge in [0.2, 0.25) is 0 Å². The summed E-state index contributed by atoms with van der Waals surface area (Å²) in [6, 6.07) is 23.1. The number of hydrogen-bond acceptors (Lipinski definition) is 3. The number of nitrogens with zero attached hydrogens (tertiary/aromatic N) is 2. The third-order valence-electron chi connectivity index (χ3n) is 5.01. The van der Waals surface area contributed by atoms with Crippen molar-refractivity contribution in [2.45, 2.75) is 25.5 Å². The Morgan fingerprint density at radius 2 is 1.81 bits per heavy atom. The SMILES string of the molecule is C[C@H]1CN(c2ccc(-c3ccccn3)cc2)[C@@H](Cc2ccc(Cl)cc2)CO1. The predicted molar refractivity (Wildman–Crippen MR) is 111 cm³/mol. The van der Waals surface area contributed by atoms with Crippen molar-refractivity contribution < 1.29 is 4.74 Å². The summed E-state index contributed by atoms with van der Waals surface area (Å²) in [4.78, 5) is 6.90. The number of halogens is 1. The van der Waals surface area contributed by atoms with Gasteiger partial charge in [-0.3, -0.25) is 4.98 Å². The van der Waals surface area contributed by atoms with Crippen LogP contribution in [0, 0.1) is 0 Å². The van der Waals surface area contributed by atoms with Crippen molar-refractivity contribution in [2.24, 2.45) is 0 Å². The van der Waals surface area contributed by atoms with Crippen LogP contribution in [0.25, 0.3) is 11.3 Å². The topological polar surface area (TPSA) is 25.4 Å². The van der Waals surface area contributed by atoms with E-state index in [1.54, 1.807) is 0 Å². The van der Waals surface area contributed by atoms with Crippen molar-refractivity contribution in [3.8, 4) is 11.3 Å². The summed E-state index contributed by atoms with van der Waals surface area (Å²) in [5, 5.41) is 0.772. The number of morpholine rings is 1. The van der Waals surface area contributed by atoms with Gasteiger partial charge in [0, 0.05) is 29.0 Å². The first-order valence-corrected chi connectivity index (χ1v) is 9.71. The molecule has 1 aliphatic heterocycles. The van der Waals surface area contributed by atoms with E-state index >= 15 is 0 Å². The minimum Gasteiger partial charge on any atom is -0.375 e. The van der Waals surface area contributed by atoms with Gasteiger partial charge in [-0.25, -0.2) is 0 Å². The third kappa shape index (κ3) is 4.32. The van der Waals surface area contributed by atoms with Gasteiger partial charge in [-0.2, -0.15) is 0 Å². The van der Waals surface area contributed by atoms with Crippen LogP contribution in [0.1, 0.15) is 12.5 Å². The predicted octanol–water partition coefficient (Wildman–Crippen LogP) is 5.24. The molecule has 2 atom stereocenters. The van der Waals surface area contributed by atoms with Crippen LogP contribution < -0.4 is 4.90 Å². The molecule has 0 spiro atoms. The molecule has 0 saturated carbocycles. The Balaban J connectivity index is 1.55. The molecule has 0 N–H and O–H groups in total. The number of ether oxygens (including phenoxy) is 1. The Labute approximate surface area is 165 Å². The summed E-state index contributed by atoms with van der Waals surface area (Å²) in [5.74, 6) is 0. The quantitative estimate of drug-likeness (QED) is 0.620. The largest absolute Gasteiger partial charge is 0.375 e. The molecule has 0 amide bonds. The lowest BCUT2D eigenvalue weighted by Gasteiger charge is -2.40. The van der Waals surface area contributed by atoms with Gasteiger partial charge < -0.3 is 9.64 Å². The molecule has 0 radical (unpaired) electrons. The Morgan fingerprint density at radius 1 is 1.04 bits per heavy atom. The molecule has 1 saturated heterocycles. The molecule has 2 heterocycles. The number of rotatable bonds is 4. The highest BCUT2D eigenvalue weighted by Gasteiger charge is 2.27. The highest BCUT2D eigenvalue weighted by molar-refractivity contribution is 6.30. The maximum absolute atomic E-state index is 6.02. The number of hydrogen-bond donors (Lipinski definition) is 0. The fourth-order valence-corrected chi connectivity index (χ4v) is 3.71. The number of benzene rings is 2. The van der Waals surface area contributed by atoms with E-state index in [0.717, 1.165) is 35.9 Å². The van der Waals surface area contributed by atoms with E-state index in [1.165, 1.54) is 11.3 Å². The second-order valence-electron chi connectivity index (χ2n) is 7.04. The molecule has 0 aliphatic carbocycles.